The van der Waals surface area contributed by atoms with Gasteiger partial charge in [0.15, 0.2) is 0 Å². The second-order valence-corrected chi connectivity index (χ2v) is 4.57. The molecule has 20 heavy (non-hydrogen) atoms. The fraction of sp³-hybridized carbons (Fsp3) is 0.0625. The summed E-state index contributed by atoms with van der Waals surface area (Å²) in [6.07, 6.45) is 3.00. The highest BCUT2D eigenvalue weighted by atomic mass is 35.5. The van der Waals surface area contributed by atoms with Crippen LogP contribution in [0.4, 0.5) is 4.39 Å². The number of hydrogen-bond donors (Lipinski definition) is 1. The summed E-state index contributed by atoms with van der Waals surface area (Å²) in [6.45, 7) is 0.151. The monoisotopic (exact) mass is 289 g/mol. The van der Waals surface area contributed by atoms with Crippen molar-refractivity contribution in [3.05, 3.63) is 76.6 Å². The van der Waals surface area contributed by atoms with E-state index in [4.69, 9.17) is 11.6 Å². The minimum Gasteiger partial charge on any atom is -0.348 e. The van der Waals surface area contributed by atoms with Crippen LogP contribution in [-0.4, -0.2) is 5.91 Å². The number of carbonyl (C=O) groups excluding carboxylic acids is 1. The lowest BCUT2D eigenvalue weighted by Crippen LogP contribution is -2.20. The lowest BCUT2D eigenvalue weighted by atomic mass is 10.2. The molecule has 2 aromatic carbocycles. The van der Waals surface area contributed by atoms with Gasteiger partial charge < -0.3 is 5.32 Å². The zero-order valence-electron chi connectivity index (χ0n) is 10.6. The Morgan fingerprint density at radius 2 is 1.85 bits per heavy atom. The Labute approximate surface area is 121 Å². The van der Waals surface area contributed by atoms with Gasteiger partial charge in [-0.25, -0.2) is 4.39 Å². The molecule has 0 radical (unpaired) electrons. The van der Waals surface area contributed by atoms with Gasteiger partial charge in [0.25, 0.3) is 0 Å². The van der Waals surface area contributed by atoms with Crippen molar-refractivity contribution in [3.8, 4) is 0 Å². The molecule has 0 spiro atoms. The highest BCUT2D eigenvalue weighted by Gasteiger charge is 2.02. The van der Waals surface area contributed by atoms with Gasteiger partial charge in [-0.2, -0.15) is 0 Å². The van der Waals surface area contributed by atoms with E-state index in [2.05, 4.69) is 5.32 Å². The molecule has 0 unspecified atom stereocenters. The largest absolute Gasteiger partial charge is 0.348 e. The molecule has 0 fully saturated rings. The molecular formula is C16H13ClFNO. The second-order valence-electron chi connectivity index (χ2n) is 4.16. The first kappa shape index (κ1) is 14.3. The molecule has 1 amide bonds. The average Bonchev–Trinajstić information content (AvgIpc) is 2.45. The van der Waals surface area contributed by atoms with E-state index in [9.17, 15) is 9.18 Å². The Morgan fingerprint density at radius 1 is 1.15 bits per heavy atom. The van der Waals surface area contributed by atoms with E-state index in [0.717, 1.165) is 5.56 Å². The highest BCUT2D eigenvalue weighted by molar-refractivity contribution is 6.32. The molecule has 0 bridgehead atoms. The standard InChI is InChI=1S/C16H13ClFNO/c17-14-7-3-1-5-12(14)9-10-16(20)19-11-13-6-2-4-8-15(13)18/h1-10H,11H2,(H,19,20). The topological polar surface area (TPSA) is 29.1 Å². The predicted octanol–water partition coefficient (Wildman–Crippen LogP) is 3.81. The van der Waals surface area contributed by atoms with Gasteiger partial charge in [-0.05, 0) is 23.8 Å². The van der Waals surface area contributed by atoms with Crippen LogP contribution in [0.2, 0.25) is 5.02 Å². The van der Waals surface area contributed by atoms with Gasteiger partial charge in [0.2, 0.25) is 5.91 Å². The zero-order valence-corrected chi connectivity index (χ0v) is 11.4. The molecule has 2 nitrogen and oxygen atoms in total. The number of nitrogens with one attached hydrogen (secondary N) is 1. The van der Waals surface area contributed by atoms with Gasteiger partial charge in [-0.1, -0.05) is 48.0 Å². The molecule has 2 aromatic rings. The summed E-state index contributed by atoms with van der Waals surface area (Å²) in [5.41, 5.74) is 1.21. The molecule has 1 N–H and O–H groups in total. The molecule has 4 heteroatoms. The lowest BCUT2D eigenvalue weighted by molar-refractivity contribution is -0.116. The normalized spacial score (nSPS) is 10.7. The Bertz CT molecular complexity index is 640. The van der Waals surface area contributed by atoms with E-state index in [1.807, 2.05) is 18.2 Å². The van der Waals surface area contributed by atoms with E-state index in [0.29, 0.717) is 10.6 Å². The van der Waals surface area contributed by atoms with E-state index in [1.165, 1.54) is 12.1 Å². The van der Waals surface area contributed by atoms with E-state index >= 15 is 0 Å². The lowest BCUT2D eigenvalue weighted by Gasteiger charge is -2.03. The van der Waals surface area contributed by atoms with Crippen molar-refractivity contribution in [1.29, 1.82) is 0 Å². The molecule has 0 aliphatic heterocycles. The van der Waals surface area contributed by atoms with Crippen LogP contribution >= 0.6 is 11.6 Å². The van der Waals surface area contributed by atoms with Crippen LogP contribution < -0.4 is 5.32 Å². The minimum atomic E-state index is -0.331. The molecule has 0 heterocycles. The Hall–Kier alpha value is -2.13. The SMILES string of the molecule is O=C(C=Cc1ccccc1Cl)NCc1ccccc1F. The van der Waals surface area contributed by atoms with E-state index < -0.39 is 0 Å². The van der Waals surface area contributed by atoms with E-state index in [-0.39, 0.29) is 18.3 Å². The van der Waals surface area contributed by atoms with Gasteiger partial charge in [0.05, 0.1) is 0 Å². The van der Waals surface area contributed by atoms with Crippen LogP contribution in [0.5, 0.6) is 0 Å². The zero-order chi connectivity index (χ0) is 14.4. The van der Waals surface area contributed by atoms with Crippen LogP contribution in [0.25, 0.3) is 6.08 Å². The summed E-state index contributed by atoms with van der Waals surface area (Å²) in [7, 11) is 0. The van der Waals surface area contributed by atoms with Crippen LogP contribution in [0.1, 0.15) is 11.1 Å². The smallest absolute Gasteiger partial charge is 0.244 e. The van der Waals surface area contributed by atoms with Crippen LogP contribution in [0, 0.1) is 5.82 Å². The molecule has 0 saturated carbocycles. The van der Waals surface area contributed by atoms with E-state index in [1.54, 1.807) is 30.3 Å². The van der Waals surface area contributed by atoms with Crippen molar-refractivity contribution in [3.63, 3.8) is 0 Å². The maximum atomic E-state index is 13.4. The molecule has 0 saturated heterocycles. The molecule has 0 aliphatic rings. The first-order valence-corrected chi connectivity index (χ1v) is 6.48. The molecule has 0 aromatic heterocycles. The summed E-state index contributed by atoms with van der Waals surface area (Å²) < 4.78 is 13.4. The summed E-state index contributed by atoms with van der Waals surface area (Å²) >= 11 is 5.97. The predicted molar refractivity (Wildman–Crippen MR) is 78.7 cm³/mol. The molecule has 0 atom stereocenters. The second kappa shape index (κ2) is 6.87. The summed E-state index contributed by atoms with van der Waals surface area (Å²) in [6, 6.07) is 13.5. The Balaban J connectivity index is 1.93. The first-order chi connectivity index (χ1) is 9.66. The quantitative estimate of drug-likeness (QED) is 0.852. The van der Waals surface area contributed by atoms with Crippen molar-refractivity contribution in [2.45, 2.75) is 6.54 Å². The van der Waals surface area contributed by atoms with Crippen LogP contribution in [0.15, 0.2) is 54.6 Å². The fourth-order valence-electron chi connectivity index (χ4n) is 1.66. The number of amides is 1. The summed E-state index contributed by atoms with van der Waals surface area (Å²) in [5.74, 6) is -0.629. The van der Waals surface area contributed by atoms with Crippen LogP contribution in [0.3, 0.4) is 0 Å². The van der Waals surface area contributed by atoms with Gasteiger partial charge >= 0.3 is 0 Å². The van der Waals surface area contributed by atoms with Crippen LogP contribution in [-0.2, 0) is 11.3 Å². The maximum absolute atomic E-state index is 13.4. The minimum absolute atomic E-state index is 0.151. The van der Waals surface area contributed by atoms with Gasteiger partial charge in [0.1, 0.15) is 5.82 Å². The van der Waals surface area contributed by atoms with Crippen molar-refractivity contribution in [1.82, 2.24) is 5.32 Å². The fourth-order valence-corrected chi connectivity index (χ4v) is 1.86. The summed E-state index contributed by atoms with van der Waals surface area (Å²) in [4.78, 5) is 11.6. The average molecular weight is 290 g/mol. The number of hydrogen-bond acceptors (Lipinski definition) is 1. The number of halogens is 2. The molecule has 102 valence electrons. The Kier molecular flexibility index (Phi) is 4.91. The highest BCUT2D eigenvalue weighted by Crippen LogP contribution is 2.16. The molecular weight excluding hydrogens is 277 g/mol. The van der Waals surface area contributed by atoms with Crippen molar-refractivity contribution in [2.24, 2.45) is 0 Å². The van der Waals surface area contributed by atoms with Crippen molar-refractivity contribution < 1.29 is 9.18 Å². The van der Waals surface area contributed by atoms with Gasteiger partial charge in [-0.15, -0.1) is 0 Å². The van der Waals surface area contributed by atoms with Crippen molar-refractivity contribution in [2.75, 3.05) is 0 Å². The third kappa shape index (κ3) is 3.93. The molecule has 2 rings (SSSR count). The number of rotatable bonds is 4. The Morgan fingerprint density at radius 3 is 2.60 bits per heavy atom. The van der Waals surface area contributed by atoms with Gasteiger partial charge in [-0.3, -0.25) is 4.79 Å². The number of benzene rings is 2. The number of carbonyl (C=O) groups is 1. The summed E-state index contributed by atoms with van der Waals surface area (Å²) in [5, 5.41) is 3.20. The van der Waals surface area contributed by atoms with Gasteiger partial charge in [0, 0.05) is 23.2 Å². The third-order valence-electron chi connectivity index (χ3n) is 2.73. The first-order valence-electron chi connectivity index (χ1n) is 6.10. The van der Waals surface area contributed by atoms with Crippen molar-refractivity contribution >= 4 is 23.6 Å². The molecule has 0 aliphatic carbocycles. The maximum Gasteiger partial charge on any atom is 0.244 e. The third-order valence-corrected chi connectivity index (χ3v) is 3.07.